The Hall–Kier alpha value is -2.15. The third-order valence-electron chi connectivity index (χ3n) is 4.77. The number of para-hydroxylation sites is 1. The summed E-state index contributed by atoms with van der Waals surface area (Å²) in [6.07, 6.45) is 1.05. The third-order valence-corrected chi connectivity index (χ3v) is 5.66. The van der Waals surface area contributed by atoms with E-state index in [1.54, 1.807) is 11.3 Å². The van der Waals surface area contributed by atoms with E-state index in [2.05, 4.69) is 16.5 Å². The number of halogens is 1. The van der Waals surface area contributed by atoms with Crippen LogP contribution in [0.2, 0.25) is 0 Å². The van der Waals surface area contributed by atoms with Crippen molar-refractivity contribution >= 4 is 29.7 Å². The third kappa shape index (κ3) is 4.08. The van der Waals surface area contributed by atoms with Gasteiger partial charge < -0.3 is 10.2 Å². The van der Waals surface area contributed by atoms with Crippen molar-refractivity contribution in [2.75, 3.05) is 26.7 Å². The first-order valence-corrected chi connectivity index (χ1v) is 9.77. The average Bonchev–Trinajstić information content (AvgIpc) is 3.42. The van der Waals surface area contributed by atoms with Crippen molar-refractivity contribution in [3.63, 3.8) is 0 Å². The van der Waals surface area contributed by atoms with Gasteiger partial charge in [0.1, 0.15) is 0 Å². The molecule has 2 aromatic heterocycles. The minimum atomic E-state index is 0. The molecule has 1 aliphatic rings. The Morgan fingerprint density at radius 1 is 1.26 bits per heavy atom. The zero-order valence-electron chi connectivity index (χ0n) is 15.2. The van der Waals surface area contributed by atoms with Crippen molar-refractivity contribution in [3.05, 3.63) is 59.6 Å². The van der Waals surface area contributed by atoms with Crippen LogP contribution in [0.1, 0.15) is 16.9 Å². The van der Waals surface area contributed by atoms with Gasteiger partial charge in [0, 0.05) is 13.1 Å². The van der Waals surface area contributed by atoms with Gasteiger partial charge in [-0.3, -0.25) is 4.79 Å². The number of benzene rings is 1. The molecule has 1 aromatic carbocycles. The molecule has 1 aliphatic heterocycles. The number of aromatic nitrogens is 2. The molecule has 0 radical (unpaired) electrons. The van der Waals surface area contributed by atoms with Crippen LogP contribution < -0.4 is 5.32 Å². The highest BCUT2D eigenvalue weighted by Crippen LogP contribution is 2.29. The van der Waals surface area contributed by atoms with E-state index in [0.717, 1.165) is 42.3 Å². The summed E-state index contributed by atoms with van der Waals surface area (Å²) in [5.41, 5.74) is 2.44. The molecule has 1 atom stereocenters. The monoisotopic (exact) mass is 402 g/mol. The highest BCUT2D eigenvalue weighted by molar-refractivity contribution is 7.13. The second-order valence-electron chi connectivity index (χ2n) is 6.60. The Balaban J connectivity index is 0.00000210. The van der Waals surface area contributed by atoms with E-state index < -0.39 is 0 Å². The minimum absolute atomic E-state index is 0. The van der Waals surface area contributed by atoms with Gasteiger partial charge in [-0.2, -0.15) is 5.10 Å². The number of nitrogens with zero attached hydrogens (tertiary/aromatic N) is 3. The van der Waals surface area contributed by atoms with Gasteiger partial charge in [0.15, 0.2) is 5.69 Å². The lowest BCUT2D eigenvalue weighted by molar-refractivity contribution is 0.0781. The van der Waals surface area contributed by atoms with Crippen LogP contribution in [0.25, 0.3) is 16.3 Å². The van der Waals surface area contributed by atoms with Crippen molar-refractivity contribution in [1.29, 1.82) is 0 Å². The average molecular weight is 403 g/mol. The number of likely N-dealkylation sites (tertiary alicyclic amines) is 1. The molecule has 1 unspecified atom stereocenters. The normalized spacial score (nSPS) is 16.3. The number of carbonyl (C=O) groups is 1. The van der Waals surface area contributed by atoms with Crippen LogP contribution in [0.3, 0.4) is 0 Å². The van der Waals surface area contributed by atoms with Crippen LogP contribution >= 0.6 is 23.7 Å². The smallest absolute Gasteiger partial charge is 0.274 e. The molecule has 1 amide bonds. The van der Waals surface area contributed by atoms with Gasteiger partial charge in [-0.05, 0) is 55.6 Å². The second-order valence-corrected chi connectivity index (χ2v) is 7.55. The first kappa shape index (κ1) is 19.6. The molecule has 3 heterocycles. The number of nitrogens with one attached hydrogen (secondary N) is 1. The van der Waals surface area contributed by atoms with Crippen LogP contribution in [0.4, 0.5) is 0 Å². The number of hydrogen-bond donors (Lipinski definition) is 1. The number of amides is 1. The Morgan fingerprint density at radius 2 is 2.07 bits per heavy atom. The summed E-state index contributed by atoms with van der Waals surface area (Å²) in [6.45, 7) is 2.55. The molecule has 1 fully saturated rings. The molecule has 5 nitrogen and oxygen atoms in total. The molecule has 0 bridgehead atoms. The zero-order valence-corrected chi connectivity index (χ0v) is 16.8. The van der Waals surface area contributed by atoms with E-state index in [9.17, 15) is 4.79 Å². The molecular formula is C20H23ClN4OS. The van der Waals surface area contributed by atoms with E-state index in [1.807, 2.05) is 64.5 Å². The van der Waals surface area contributed by atoms with Crippen LogP contribution in [-0.2, 0) is 0 Å². The summed E-state index contributed by atoms with van der Waals surface area (Å²) in [4.78, 5) is 16.0. The molecular weight excluding hydrogens is 380 g/mol. The minimum Gasteiger partial charge on any atom is -0.337 e. The van der Waals surface area contributed by atoms with Crippen molar-refractivity contribution in [2.24, 2.45) is 5.92 Å². The molecule has 4 rings (SSSR count). The highest BCUT2D eigenvalue weighted by Gasteiger charge is 2.28. The molecule has 7 heteroatoms. The maximum Gasteiger partial charge on any atom is 0.274 e. The van der Waals surface area contributed by atoms with Crippen molar-refractivity contribution in [2.45, 2.75) is 6.42 Å². The Labute approximate surface area is 169 Å². The van der Waals surface area contributed by atoms with E-state index in [-0.39, 0.29) is 18.3 Å². The van der Waals surface area contributed by atoms with Crippen LogP contribution in [-0.4, -0.2) is 47.3 Å². The predicted octanol–water partition coefficient (Wildman–Crippen LogP) is 3.70. The number of rotatable bonds is 5. The summed E-state index contributed by atoms with van der Waals surface area (Å²) >= 11 is 1.66. The fourth-order valence-corrected chi connectivity index (χ4v) is 4.21. The van der Waals surface area contributed by atoms with Gasteiger partial charge in [0.2, 0.25) is 0 Å². The van der Waals surface area contributed by atoms with E-state index in [4.69, 9.17) is 0 Å². The Bertz CT molecular complexity index is 879. The summed E-state index contributed by atoms with van der Waals surface area (Å²) in [5, 5.41) is 9.92. The molecule has 142 valence electrons. The predicted molar refractivity (Wildman–Crippen MR) is 112 cm³/mol. The number of hydrogen-bond acceptors (Lipinski definition) is 4. The lowest BCUT2D eigenvalue weighted by Crippen LogP contribution is -2.30. The molecule has 0 spiro atoms. The summed E-state index contributed by atoms with van der Waals surface area (Å²) in [7, 11) is 1.96. The number of carbonyl (C=O) groups excluding carboxylic acids is 1. The van der Waals surface area contributed by atoms with Gasteiger partial charge in [-0.25, -0.2) is 4.68 Å². The SMILES string of the molecule is CNCC1CCN(C(=O)c2cc(-c3cccs3)n(-c3ccccc3)n2)C1.Cl. The van der Waals surface area contributed by atoms with Crippen LogP contribution in [0.15, 0.2) is 53.9 Å². The lowest BCUT2D eigenvalue weighted by atomic mass is 10.1. The van der Waals surface area contributed by atoms with Gasteiger partial charge in [-0.1, -0.05) is 24.3 Å². The summed E-state index contributed by atoms with van der Waals surface area (Å²) in [5.74, 6) is 0.549. The molecule has 0 aliphatic carbocycles. The second kappa shape index (κ2) is 8.69. The molecule has 3 aromatic rings. The largest absolute Gasteiger partial charge is 0.337 e. The molecule has 0 saturated carbocycles. The number of thiophene rings is 1. The van der Waals surface area contributed by atoms with E-state index >= 15 is 0 Å². The van der Waals surface area contributed by atoms with Gasteiger partial charge in [0.05, 0.1) is 16.3 Å². The van der Waals surface area contributed by atoms with Crippen molar-refractivity contribution in [3.8, 4) is 16.3 Å². The highest BCUT2D eigenvalue weighted by atomic mass is 35.5. The standard InChI is InChI=1S/C20H22N4OS.ClH/c1-21-13-15-9-10-23(14-15)20(25)17-12-18(19-8-5-11-26-19)24(22-17)16-6-3-2-4-7-16;/h2-8,11-12,15,21H,9-10,13-14H2,1H3;1H. The lowest BCUT2D eigenvalue weighted by Gasteiger charge is -2.15. The van der Waals surface area contributed by atoms with Crippen molar-refractivity contribution in [1.82, 2.24) is 20.0 Å². The van der Waals surface area contributed by atoms with E-state index in [0.29, 0.717) is 11.6 Å². The fourth-order valence-electron chi connectivity index (χ4n) is 3.49. The quantitative estimate of drug-likeness (QED) is 0.707. The van der Waals surface area contributed by atoms with Crippen LogP contribution in [0.5, 0.6) is 0 Å². The van der Waals surface area contributed by atoms with Crippen molar-refractivity contribution < 1.29 is 4.79 Å². The maximum atomic E-state index is 13.0. The first-order chi connectivity index (χ1) is 12.8. The Morgan fingerprint density at radius 3 is 2.78 bits per heavy atom. The molecule has 27 heavy (non-hydrogen) atoms. The maximum absolute atomic E-state index is 13.0. The summed E-state index contributed by atoms with van der Waals surface area (Å²) in [6, 6.07) is 16.0. The fraction of sp³-hybridized carbons (Fsp3) is 0.300. The van der Waals surface area contributed by atoms with E-state index in [1.165, 1.54) is 0 Å². The first-order valence-electron chi connectivity index (χ1n) is 8.89. The zero-order chi connectivity index (χ0) is 17.9. The van der Waals surface area contributed by atoms with Gasteiger partial charge in [-0.15, -0.1) is 23.7 Å². The molecule has 1 saturated heterocycles. The van der Waals surface area contributed by atoms with Crippen LogP contribution in [0, 0.1) is 5.92 Å². The summed E-state index contributed by atoms with van der Waals surface area (Å²) < 4.78 is 1.88. The topological polar surface area (TPSA) is 50.2 Å². The molecule has 1 N–H and O–H groups in total. The van der Waals surface area contributed by atoms with Gasteiger partial charge >= 0.3 is 0 Å². The van der Waals surface area contributed by atoms with Gasteiger partial charge in [0.25, 0.3) is 5.91 Å². The Kier molecular flexibility index (Phi) is 6.31.